The van der Waals surface area contributed by atoms with E-state index in [-0.39, 0.29) is 16.2 Å². The van der Waals surface area contributed by atoms with Crippen LogP contribution in [0.4, 0.5) is 0 Å². The Bertz CT molecular complexity index is 2660. The first kappa shape index (κ1) is 33.7. The molecule has 0 spiro atoms. The lowest BCUT2D eigenvalue weighted by Gasteiger charge is -2.44. The lowest BCUT2D eigenvalue weighted by molar-refractivity contribution is 0.125. The van der Waals surface area contributed by atoms with Gasteiger partial charge in [-0.15, -0.1) is 0 Å². The van der Waals surface area contributed by atoms with Crippen molar-refractivity contribution in [1.29, 1.82) is 0 Å². The van der Waals surface area contributed by atoms with Crippen LogP contribution in [0.5, 0.6) is 0 Å². The summed E-state index contributed by atoms with van der Waals surface area (Å²) in [6.45, 7) is 17.0. The molecule has 1 aliphatic carbocycles. The van der Waals surface area contributed by atoms with Gasteiger partial charge in [0.2, 0.25) is 0 Å². The summed E-state index contributed by atoms with van der Waals surface area (Å²) in [5.41, 5.74) is 14.5. The molecule has 0 amide bonds. The Hall–Kier alpha value is -5.08. The van der Waals surface area contributed by atoms with Gasteiger partial charge in [-0.05, 0) is 124 Å². The Morgan fingerprint density at radius 2 is 0.962 bits per heavy atom. The van der Waals surface area contributed by atoms with E-state index in [2.05, 4.69) is 185 Å². The molecule has 0 bridgehead atoms. The van der Waals surface area contributed by atoms with Crippen molar-refractivity contribution in [2.45, 2.75) is 91.4 Å². The lowest BCUT2D eigenvalue weighted by Crippen LogP contribution is -2.42. The predicted octanol–water partition coefficient (Wildman–Crippen LogP) is 14.3. The molecule has 2 nitrogen and oxygen atoms in total. The van der Waals surface area contributed by atoms with E-state index >= 15 is 0 Å². The first-order valence-electron chi connectivity index (χ1n) is 19.8. The summed E-state index contributed by atoms with van der Waals surface area (Å²) >= 11 is 0. The van der Waals surface area contributed by atoms with E-state index in [9.17, 15) is 0 Å². The van der Waals surface area contributed by atoms with Gasteiger partial charge in [0.05, 0.1) is 22.1 Å². The summed E-state index contributed by atoms with van der Waals surface area (Å²) in [6, 6.07) is 48.3. The molecule has 0 saturated heterocycles. The summed E-state index contributed by atoms with van der Waals surface area (Å²) in [5.74, 6) is 0. The third-order valence-corrected chi connectivity index (χ3v) is 13.9. The third kappa shape index (κ3) is 4.98. The lowest BCUT2D eigenvalue weighted by atomic mass is 9.59. The van der Waals surface area contributed by atoms with Gasteiger partial charge in [-0.2, -0.15) is 0 Å². The number of rotatable bonds is 8. The second kappa shape index (κ2) is 12.2. The first-order chi connectivity index (χ1) is 25.5. The van der Waals surface area contributed by atoms with Crippen LogP contribution in [0.3, 0.4) is 0 Å². The van der Waals surface area contributed by atoms with Gasteiger partial charge in [0.15, 0.2) is 0 Å². The number of para-hydroxylation sites is 2. The van der Waals surface area contributed by atoms with E-state index in [1.165, 1.54) is 108 Å². The zero-order chi connectivity index (χ0) is 36.7. The summed E-state index contributed by atoms with van der Waals surface area (Å²) in [6.07, 6.45) is 6.33. The van der Waals surface area contributed by atoms with Crippen molar-refractivity contribution in [3.05, 3.63) is 144 Å². The largest absolute Gasteiger partial charge is 0.309 e. The molecule has 0 fully saturated rings. The van der Waals surface area contributed by atoms with E-state index < -0.39 is 0 Å². The number of hydrogen-bond acceptors (Lipinski definition) is 0. The molecular formula is C51H52N2. The van der Waals surface area contributed by atoms with E-state index in [4.69, 9.17) is 0 Å². The number of nitrogens with zero attached hydrogens (tertiary/aromatic N) is 2. The van der Waals surface area contributed by atoms with Crippen molar-refractivity contribution in [2.75, 3.05) is 0 Å². The highest BCUT2D eigenvalue weighted by Crippen LogP contribution is 2.62. The van der Waals surface area contributed by atoms with Gasteiger partial charge in [0.25, 0.3) is 0 Å². The highest BCUT2D eigenvalue weighted by molar-refractivity contribution is 6.13. The number of hydrogen-bond donors (Lipinski definition) is 0. The standard InChI is InChI=1S/C51H52N2/c1-8-9-10-12-17-34-22-26-38(27-23-34)52-45-21-16-15-20-39(45)40-30-35(24-28-46(40)52)36-25-29-47-41(31-36)42-32-43-44(50(4,5)51(6,7)49(43,2)3)33-48(42)53(47)37-18-13-11-14-19-37/h11,13-16,18-33H,8-10,12,17H2,1-7H3. The summed E-state index contributed by atoms with van der Waals surface area (Å²) in [7, 11) is 0. The van der Waals surface area contributed by atoms with Crippen LogP contribution < -0.4 is 0 Å². The van der Waals surface area contributed by atoms with Gasteiger partial charge in [-0.25, -0.2) is 0 Å². The van der Waals surface area contributed by atoms with Gasteiger partial charge in [-0.3, -0.25) is 0 Å². The third-order valence-electron chi connectivity index (χ3n) is 13.9. The van der Waals surface area contributed by atoms with Gasteiger partial charge in [0, 0.05) is 32.9 Å². The molecule has 0 atom stereocenters. The molecular weight excluding hydrogens is 641 g/mol. The van der Waals surface area contributed by atoms with E-state index in [0.29, 0.717) is 0 Å². The van der Waals surface area contributed by atoms with Crippen LogP contribution in [-0.2, 0) is 17.3 Å². The molecule has 8 aromatic rings. The van der Waals surface area contributed by atoms with E-state index in [1.54, 1.807) is 0 Å². The van der Waals surface area contributed by atoms with Gasteiger partial charge in [0.1, 0.15) is 0 Å². The molecule has 53 heavy (non-hydrogen) atoms. The molecule has 0 radical (unpaired) electrons. The number of aryl methyl sites for hydroxylation is 1. The molecule has 2 heteroatoms. The zero-order valence-corrected chi connectivity index (χ0v) is 32.6. The number of aromatic nitrogens is 2. The molecule has 266 valence electrons. The maximum absolute atomic E-state index is 2.54. The van der Waals surface area contributed by atoms with E-state index in [1.807, 2.05) is 0 Å². The molecule has 0 N–H and O–H groups in total. The maximum atomic E-state index is 2.54. The Morgan fingerprint density at radius 1 is 0.434 bits per heavy atom. The Balaban J connectivity index is 1.20. The predicted molar refractivity (Wildman–Crippen MR) is 228 cm³/mol. The monoisotopic (exact) mass is 692 g/mol. The van der Waals surface area contributed by atoms with Crippen molar-refractivity contribution in [3.8, 4) is 22.5 Å². The van der Waals surface area contributed by atoms with Crippen LogP contribution in [0.25, 0.3) is 66.1 Å². The van der Waals surface area contributed by atoms with Crippen molar-refractivity contribution in [1.82, 2.24) is 9.13 Å². The SMILES string of the molecule is CCCCCCc1ccc(-n2c3ccccc3c3cc(-c4ccc5c(c4)c4cc6c(cc4n5-c4ccccc4)C(C)(C)C(C)(C)C6(C)C)ccc32)cc1. The highest BCUT2D eigenvalue weighted by atomic mass is 15.0. The number of fused-ring (bicyclic) bond motifs is 7. The minimum atomic E-state index is 0.0347. The summed E-state index contributed by atoms with van der Waals surface area (Å²) < 4.78 is 4.92. The zero-order valence-electron chi connectivity index (χ0n) is 32.6. The molecule has 2 aromatic heterocycles. The Morgan fingerprint density at radius 3 is 1.62 bits per heavy atom. The van der Waals surface area contributed by atoms with Crippen molar-refractivity contribution in [2.24, 2.45) is 5.41 Å². The minimum absolute atomic E-state index is 0.0347. The maximum Gasteiger partial charge on any atom is 0.0544 e. The molecule has 0 aliphatic heterocycles. The average molecular weight is 693 g/mol. The topological polar surface area (TPSA) is 9.86 Å². The molecule has 0 unspecified atom stereocenters. The number of unbranched alkanes of at least 4 members (excludes halogenated alkanes) is 3. The minimum Gasteiger partial charge on any atom is -0.309 e. The smallest absolute Gasteiger partial charge is 0.0544 e. The molecule has 9 rings (SSSR count). The molecule has 6 aromatic carbocycles. The molecule has 0 saturated carbocycles. The second-order valence-electron chi connectivity index (χ2n) is 17.3. The van der Waals surface area contributed by atoms with Crippen LogP contribution in [0.1, 0.15) is 90.8 Å². The molecule has 2 heterocycles. The Kier molecular flexibility index (Phi) is 7.79. The fraction of sp³-hybridized carbons (Fsp3) is 0.294. The van der Waals surface area contributed by atoms with E-state index in [0.717, 1.165) is 6.42 Å². The second-order valence-corrected chi connectivity index (χ2v) is 17.3. The van der Waals surface area contributed by atoms with Crippen LogP contribution in [0.2, 0.25) is 0 Å². The normalized spacial score (nSPS) is 15.9. The van der Waals surface area contributed by atoms with Crippen molar-refractivity contribution >= 4 is 43.6 Å². The van der Waals surface area contributed by atoms with Gasteiger partial charge < -0.3 is 9.13 Å². The van der Waals surface area contributed by atoms with Gasteiger partial charge >= 0.3 is 0 Å². The van der Waals surface area contributed by atoms with Crippen LogP contribution >= 0.6 is 0 Å². The van der Waals surface area contributed by atoms with Crippen LogP contribution in [0, 0.1) is 5.41 Å². The fourth-order valence-corrected chi connectivity index (χ4v) is 9.59. The quantitative estimate of drug-likeness (QED) is 0.140. The summed E-state index contributed by atoms with van der Waals surface area (Å²) in [5, 5.41) is 5.22. The fourth-order valence-electron chi connectivity index (χ4n) is 9.59. The highest BCUT2D eigenvalue weighted by Gasteiger charge is 2.57. The van der Waals surface area contributed by atoms with Crippen LogP contribution in [0.15, 0.2) is 127 Å². The molecule has 1 aliphatic rings. The Labute approximate surface area is 315 Å². The van der Waals surface area contributed by atoms with Gasteiger partial charge in [-0.1, -0.05) is 128 Å². The average Bonchev–Trinajstić information content (AvgIpc) is 3.71. The van der Waals surface area contributed by atoms with Crippen LogP contribution in [-0.4, -0.2) is 9.13 Å². The van der Waals surface area contributed by atoms with Crippen molar-refractivity contribution < 1.29 is 0 Å². The first-order valence-corrected chi connectivity index (χ1v) is 19.8. The number of benzene rings is 6. The summed E-state index contributed by atoms with van der Waals surface area (Å²) in [4.78, 5) is 0. The van der Waals surface area contributed by atoms with Crippen molar-refractivity contribution in [3.63, 3.8) is 0 Å².